The summed E-state index contributed by atoms with van der Waals surface area (Å²) in [5.41, 5.74) is 2.34. The maximum Gasteiger partial charge on any atom is 0.119 e. The molecule has 0 spiro atoms. The highest BCUT2D eigenvalue weighted by Crippen LogP contribution is 2.03. The monoisotopic (exact) mass is 208 g/mol. The molecule has 0 saturated heterocycles. The smallest absolute Gasteiger partial charge is 0.119 e. The number of hydrazone groups is 1. The largest absolute Gasteiger partial charge is 0.394 e. The Morgan fingerprint density at radius 2 is 1.79 bits per heavy atom. The molecule has 0 saturated carbocycles. The summed E-state index contributed by atoms with van der Waals surface area (Å²) in [6, 6.07) is 0. The molecule has 0 aliphatic carbocycles. The maximum atomic E-state index is 9.22. The van der Waals surface area contributed by atoms with E-state index in [0.717, 1.165) is 6.21 Å². The fourth-order valence-electron chi connectivity index (χ4n) is 0.777. The molecular formula is C7H16N2O5. The van der Waals surface area contributed by atoms with Crippen LogP contribution in [-0.4, -0.2) is 69.8 Å². The first-order valence-electron chi connectivity index (χ1n) is 4.07. The molecule has 0 aliphatic heterocycles. The van der Waals surface area contributed by atoms with Gasteiger partial charge in [-0.3, -0.25) is 0 Å². The summed E-state index contributed by atoms with van der Waals surface area (Å²) in [6.07, 6.45) is -5.17. The van der Waals surface area contributed by atoms with Crippen LogP contribution < -0.4 is 5.43 Å². The summed E-state index contributed by atoms with van der Waals surface area (Å²) in [5.74, 6) is 0. The summed E-state index contributed by atoms with van der Waals surface area (Å²) >= 11 is 0. The molecule has 4 atom stereocenters. The van der Waals surface area contributed by atoms with Crippen LogP contribution in [0, 0.1) is 0 Å². The van der Waals surface area contributed by atoms with Crippen LogP contribution in [0.15, 0.2) is 5.10 Å². The molecule has 0 amide bonds. The Labute approximate surface area is 81.3 Å². The lowest BCUT2D eigenvalue weighted by Gasteiger charge is -2.23. The van der Waals surface area contributed by atoms with Crippen molar-refractivity contribution in [2.75, 3.05) is 13.7 Å². The van der Waals surface area contributed by atoms with E-state index >= 15 is 0 Å². The van der Waals surface area contributed by atoms with E-state index in [1.807, 2.05) is 0 Å². The van der Waals surface area contributed by atoms with Crippen molar-refractivity contribution in [1.82, 2.24) is 5.43 Å². The van der Waals surface area contributed by atoms with Gasteiger partial charge in [0.1, 0.15) is 24.4 Å². The highest BCUT2D eigenvalue weighted by atomic mass is 16.4. The van der Waals surface area contributed by atoms with Gasteiger partial charge in [-0.15, -0.1) is 0 Å². The van der Waals surface area contributed by atoms with Crippen molar-refractivity contribution in [1.29, 1.82) is 0 Å². The maximum absolute atomic E-state index is 9.22. The van der Waals surface area contributed by atoms with Gasteiger partial charge in [-0.25, -0.2) is 0 Å². The van der Waals surface area contributed by atoms with Crippen molar-refractivity contribution in [3.8, 4) is 0 Å². The zero-order valence-electron chi connectivity index (χ0n) is 7.78. The van der Waals surface area contributed by atoms with Crippen molar-refractivity contribution in [2.45, 2.75) is 24.4 Å². The second-order valence-corrected chi connectivity index (χ2v) is 2.72. The van der Waals surface area contributed by atoms with Gasteiger partial charge in [0.15, 0.2) is 0 Å². The number of aliphatic hydroxyl groups is 5. The third-order valence-corrected chi connectivity index (χ3v) is 1.64. The Balaban J connectivity index is 4.15. The third kappa shape index (κ3) is 3.99. The average molecular weight is 208 g/mol. The minimum Gasteiger partial charge on any atom is -0.394 e. The number of hydrogen-bond acceptors (Lipinski definition) is 7. The van der Waals surface area contributed by atoms with Crippen LogP contribution in [0.5, 0.6) is 0 Å². The Morgan fingerprint density at radius 3 is 2.21 bits per heavy atom. The van der Waals surface area contributed by atoms with Crippen molar-refractivity contribution < 1.29 is 25.5 Å². The number of nitrogens with one attached hydrogen (secondary N) is 1. The first-order valence-corrected chi connectivity index (χ1v) is 4.07. The predicted octanol–water partition coefficient (Wildman–Crippen LogP) is -3.37. The van der Waals surface area contributed by atoms with Gasteiger partial charge in [0.2, 0.25) is 0 Å². The molecule has 14 heavy (non-hydrogen) atoms. The molecule has 0 aromatic heterocycles. The van der Waals surface area contributed by atoms with Gasteiger partial charge in [0, 0.05) is 7.05 Å². The van der Waals surface area contributed by atoms with Crippen LogP contribution in [0.4, 0.5) is 0 Å². The first-order chi connectivity index (χ1) is 6.54. The van der Waals surface area contributed by atoms with Crippen LogP contribution in [0.3, 0.4) is 0 Å². The van der Waals surface area contributed by atoms with Crippen molar-refractivity contribution in [3.63, 3.8) is 0 Å². The molecule has 0 fully saturated rings. The SMILES string of the molecule is CN/N=C\C(O)C(O)C(O)C(O)CO. The van der Waals surface area contributed by atoms with E-state index in [-0.39, 0.29) is 0 Å². The minimum atomic E-state index is -1.63. The predicted molar refractivity (Wildman–Crippen MR) is 48.7 cm³/mol. The molecule has 0 bridgehead atoms. The quantitative estimate of drug-likeness (QED) is 0.200. The number of aliphatic hydroxyl groups excluding tert-OH is 5. The Morgan fingerprint density at radius 1 is 1.21 bits per heavy atom. The van der Waals surface area contributed by atoms with E-state index in [9.17, 15) is 10.2 Å². The molecule has 7 heteroatoms. The normalized spacial score (nSPS) is 20.4. The number of hydrogen-bond donors (Lipinski definition) is 6. The molecule has 84 valence electrons. The standard InChI is InChI=1S/C7H16N2O5/c1-8-9-2-4(11)6(13)7(14)5(12)3-10/h2,4-8,10-14H,3H2,1H3/b9-2-. The Kier molecular flexibility index (Phi) is 6.34. The molecule has 0 aromatic carbocycles. The first kappa shape index (κ1) is 13.3. The molecule has 6 N–H and O–H groups in total. The van der Waals surface area contributed by atoms with E-state index < -0.39 is 31.0 Å². The molecule has 0 aliphatic rings. The van der Waals surface area contributed by atoms with Gasteiger partial charge < -0.3 is 31.0 Å². The van der Waals surface area contributed by atoms with Gasteiger partial charge in [0.25, 0.3) is 0 Å². The van der Waals surface area contributed by atoms with Crippen molar-refractivity contribution in [2.24, 2.45) is 5.10 Å². The lowest BCUT2D eigenvalue weighted by atomic mass is 10.0. The Bertz CT molecular complexity index is 177. The highest BCUT2D eigenvalue weighted by Gasteiger charge is 2.28. The van der Waals surface area contributed by atoms with Gasteiger partial charge >= 0.3 is 0 Å². The van der Waals surface area contributed by atoms with Crippen LogP contribution >= 0.6 is 0 Å². The summed E-state index contributed by atoms with van der Waals surface area (Å²) < 4.78 is 0. The number of nitrogens with zero attached hydrogens (tertiary/aromatic N) is 1. The third-order valence-electron chi connectivity index (χ3n) is 1.64. The van der Waals surface area contributed by atoms with E-state index in [0.29, 0.717) is 0 Å². The zero-order valence-corrected chi connectivity index (χ0v) is 7.78. The molecule has 0 aromatic rings. The second-order valence-electron chi connectivity index (χ2n) is 2.72. The molecule has 4 unspecified atom stereocenters. The van der Waals surface area contributed by atoms with Gasteiger partial charge in [-0.2, -0.15) is 5.10 Å². The molecular weight excluding hydrogens is 192 g/mol. The highest BCUT2D eigenvalue weighted by molar-refractivity contribution is 5.63. The fourth-order valence-corrected chi connectivity index (χ4v) is 0.777. The van der Waals surface area contributed by atoms with Crippen LogP contribution in [0.25, 0.3) is 0 Å². The van der Waals surface area contributed by atoms with Crippen LogP contribution in [0.2, 0.25) is 0 Å². The summed E-state index contributed by atoms with van der Waals surface area (Å²) in [5, 5.41) is 48.4. The summed E-state index contributed by atoms with van der Waals surface area (Å²) in [7, 11) is 1.49. The molecule has 0 heterocycles. The van der Waals surface area contributed by atoms with Crippen molar-refractivity contribution in [3.05, 3.63) is 0 Å². The second kappa shape index (κ2) is 6.68. The van der Waals surface area contributed by atoms with Gasteiger partial charge in [-0.1, -0.05) is 0 Å². The van der Waals surface area contributed by atoms with Gasteiger partial charge in [0.05, 0.1) is 12.8 Å². The number of rotatable bonds is 6. The van der Waals surface area contributed by atoms with Crippen molar-refractivity contribution >= 4 is 6.21 Å². The topological polar surface area (TPSA) is 126 Å². The molecule has 0 radical (unpaired) electrons. The van der Waals surface area contributed by atoms with Crippen LogP contribution in [0.1, 0.15) is 0 Å². The average Bonchev–Trinajstić information content (AvgIpc) is 2.22. The van der Waals surface area contributed by atoms with Gasteiger partial charge in [-0.05, 0) is 0 Å². The molecule has 7 nitrogen and oxygen atoms in total. The zero-order chi connectivity index (χ0) is 11.1. The van der Waals surface area contributed by atoms with E-state index in [1.165, 1.54) is 7.05 Å². The van der Waals surface area contributed by atoms with E-state index in [1.54, 1.807) is 0 Å². The van der Waals surface area contributed by atoms with E-state index in [2.05, 4.69) is 10.5 Å². The van der Waals surface area contributed by atoms with Crippen LogP contribution in [-0.2, 0) is 0 Å². The lowest BCUT2D eigenvalue weighted by Crippen LogP contribution is -2.46. The lowest BCUT2D eigenvalue weighted by molar-refractivity contribution is -0.0999. The fraction of sp³-hybridized carbons (Fsp3) is 0.857. The molecule has 0 rings (SSSR count). The van der Waals surface area contributed by atoms with E-state index in [4.69, 9.17) is 15.3 Å². The Hall–Kier alpha value is -0.730. The summed E-state index contributed by atoms with van der Waals surface area (Å²) in [4.78, 5) is 0. The minimum absolute atomic E-state index is 0.700. The summed E-state index contributed by atoms with van der Waals surface area (Å²) in [6.45, 7) is -0.700.